The highest BCUT2D eigenvalue weighted by atomic mass is 16.5. The Morgan fingerprint density at radius 1 is 1.33 bits per heavy atom. The lowest BCUT2D eigenvalue weighted by Crippen LogP contribution is -1.98. The zero-order valence-corrected chi connectivity index (χ0v) is 8.61. The number of phenols is 1. The van der Waals surface area contributed by atoms with E-state index in [0.717, 1.165) is 6.08 Å². The standard InChI is InChI=1S/C11H12O4/c1-4-8(12)7-5-10(14-2)11(15-3)6-9(7)13/h4-6,13H,1H2,2-3H3. The molecular formula is C11H12O4. The highest BCUT2D eigenvalue weighted by molar-refractivity contribution is 6.06. The summed E-state index contributed by atoms with van der Waals surface area (Å²) in [4.78, 5) is 11.3. The van der Waals surface area contributed by atoms with Gasteiger partial charge in [-0.25, -0.2) is 0 Å². The van der Waals surface area contributed by atoms with Crippen LogP contribution in [0.2, 0.25) is 0 Å². The first-order chi connectivity index (χ1) is 7.13. The minimum Gasteiger partial charge on any atom is -0.507 e. The van der Waals surface area contributed by atoms with Crippen molar-refractivity contribution in [3.63, 3.8) is 0 Å². The second-order valence-corrected chi connectivity index (χ2v) is 2.79. The third-order valence-electron chi connectivity index (χ3n) is 1.95. The molecule has 80 valence electrons. The minimum absolute atomic E-state index is 0.141. The highest BCUT2D eigenvalue weighted by Crippen LogP contribution is 2.34. The molecule has 1 aromatic rings. The fraction of sp³-hybridized carbons (Fsp3) is 0.182. The molecule has 0 aliphatic carbocycles. The minimum atomic E-state index is -0.367. The van der Waals surface area contributed by atoms with Crippen molar-refractivity contribution in [1.82, 2.24) is 0 Å². The number of phenolic OH excluding ortho intramolecular Hbond substituents is 1. The lowest BCUT2D eigenvalue weighted by Gasteiger charge is -2.09. The third-order valence-corrected chi connectivity index (χ3v) is 1.95. The monoisotopic (exact) mass is 208 g/mol. The fourth-order valence-corrected chi connectivity index (χ4v) is 1.18. The summed E-state index contributed by atoms with van der Waals surface area (Å²) in [5, 5.41) is 9.54. The predicted molar refractivity (Wildman–Crippen MR) is 55.7 cm³/mol. The van der Waals surface area contributed by atoms with E-state index in [9.17, 15) is 9.90 Å². The van der Waals surface area contributed by atoms with Crippen LogP contribution >= 0.6 is 0 Å². The fourth-order valence-electron chi connectivity index (χ4n) is 1.18. The van der Waals surface area contributed by atoms with Crippen LogP contribution in [0.25, 0.3) is 0 Å². The van der Waals surface area contributed by atoms with Crippen molar-refractivity contribution >= 4 is 5.78 Å². The van der Waals surface area contributed by atoms with Gasteiger partial charge in [0.05, 0.1) is 19.8 Å². The van der Waals surface area contributed by atoms with Gasteiger partial charge < -0.3 is 14.6 Å². The van der Waals surface area contributed by atoms with E-state index in [1.54, 1.807) is 0 Å². The number of carbonyl (C=O) groups is 1. The molecule has 0 saturated carbocycles. The summed E-state index contributed by atoms with van der Waals surface area (Å²) < 4.78 is 9.97. The summed E-state index contributed by atoms with van der Waals surface area (Å²) in [5.41, 5.74) is 0.141. The highest BCUT2D eigenvalue weighted by Gasteiger charge is 2.13. The van der Waals surface area contributed by atoms with Gasteiger partial charge in [-0.05, 0) is 12.1 Å². The Morgan fingerprint density at radius 2 is 1.87 bits per heavy atom. The Morgan fingerprint density at radius 3 is 2.33 bits per heavy atom. The lowest BCUT2D eigenvalue weighted by molar-refractivity contribution is 0.104. The molecule has 1 rings (SSSR count). The van der Waals surface area contributed by atoms with Gasteiger partial charge in [0, 0.05) is 6.07 Å². The van der Waals surface area contributed by atoms with Crippen molar-refractivity contribution in [2.75, 3.05) is 14.2 Å². The number of ether oxygens (including phenoxy) is 2. The molecule has 0 saturated heterocycles. The molecule has 0 amide bonds. The smallest absolute Gasteiger partial charge is 0.189 e. The van der Waals surface area contributed by atoms with Crippen molar-refractivity contribution < 1.29 is 19.4 Å². The molecule has 1 aromatic carbocycles. The Labute approximate surface area is 87.7 Å². The molecule has 0 bridgehead atoms. The molecule has 0 aliphatic rings. The predicted octanol–water partition coefficient (Wildman–Crippen LogP) is 1.78. The number of rotatable bonds is 4. The van der Waals surface area contributed by atoms with E-state index in [-0.39, 0.29) is 17.1 Å². The van der Waals surface area contributed by atoms with Gasteiger partial charge in [0.15, 0.2) is 17.3 Å². The lowest BCUT2D eigenvalue weighted by atomic mass is 10.1. The normalized spacial score (nSPS) is 9.47. The van der Waals surface area contributed by atoms with E-state index in [2.05, 4.69) is 6.58 Å². The van der Waals surface area contributed by atoms with Crippen LogP contribution in [0.3, 0.4) is 0 Å². The van der Waals surface area contributed by atoms with E-state index in [0.29, 0.717) is 11.5 Å². The molecule has 0 aromatic heterocycles. The van der Waals surface area contributed by atoms with Crippen molar-refractivity contribution in [2.24, 2.45) is 0 Å². The second kappa shape index (κ2) is 4.50. The van der Waals surface area contributed by atoms with Gasteiger partial charge in [0.25, 0.3) is 0 Å². The number of hydrogen-bond acceptors (Lipinski definition) is 4. The SMILES string of the molecule is C=CC(=O)c1cc(OC)c(OC)cc1O. The van der Waals surface area contributed by atoms with Crippen molar-refractivity contribution in [1.29, 1.82) is 0 Å². The third kappa shape index (κ3) is 2.10. The van der Waals surface area contributed by atoms with Crippen LogP contribution in [0, 0.1) is 0 Å². The van der Waals surface area contributed by atoms with Crippen LogP contribution < -0.4 is 9.47 Å². The van der Waals surface area contributed by atoms with Gasteiger partial charge in [-0.15, -0.1) is 0 Å². The first kappa shape index (κ1) is 11.1. The first-order valence-electron chi connectivity index (χ1n) is 4.25. The topological polar surface area (TPSA) is 55.8 Å². The number of methoxy groups -OCH3 is 2. The van der Waals surface area contributed by atoms with Crippen LogP contribution in [-0.4, -0.2) is 25.1 Å². The number of allylic oxidation sites excluding steroid dienone is 1. The van der Waals surface area contributed by atoms with Crippen LogP contribution in [-0.2, 0) is 0 Å². The van der Waals surface area contributed by atoms with Gasteiger partial charge >= 0.3 is 0 Å². The number of aromatic hydroxyl groups is 1. The first-order valence-corrected chi connectivity index (χ1v) is 4.25. The van der Waals surface area contributed by atoms with Gasteiger partial charge in [-0.3, -0.25) is 4.79 Å². The van der Waals surface area contributed by atoms with Crippen LogP contribution in [0.15, 0.2) is 24.8 Å². The maximum atomic E-state index is 11.3. The average molecular weight is 208 g/mol. The summed E-state index contributed by atoms with van der Waals surface area (Å²) >= 11 is 0. The summed E-state index contributed by atoms with van der Waals surface area (Å²) in [6, 6.07) is 2.74. The number of carbonyl (C=O) groups excluding carboxylic acids is 1. The number of ketones is 1. The zero-order valence-electron chi connectivity index (χ0n) is 8.61. The van der Waals surface area contributed by atoms with E-state index >= 15 is 0 Å². The van der Waals surface area contributed by atoms with Crippen LogP contribution in [0.4, 0.5) is 0 Å². The van der Waals surface area contributed by atoms with Crippen LogP contribution in [0.5, 0.6) is 17.2 Å². The molecule has 0 radical (unpaired) electrons. The van der Waals surface area contributed by atoms with Gasteiger partial charge in [0.1, 0.15) is 5.75 Å². The Balaban J connectivity index is 3.31. The maximum Gasteiger partial charge on any atom is 0.189 e. The maximum absolute atomic E-state index is 11.3. The summed E-state index contributed by atoms with van der Waals surface area (Å²) in [6.45, 7) is 3.34. The molecule has 0 aliphatic heterocycles. The number of hydrogen-bond donors (Lipinski definition) is 1. The Kier molecular flexibility index (Phi) is 3.33. The van der Waals surface area contributed by atoms with Crippen molar-refractivity contribution in [3.05, 3.63) is 30.4 Å². The average Bonchev–Trinajstić information content (AvgIpc) is 2.27. The molecule has 15 heavy (non-hydrogen) atoms. The summed E-state index contributed by atoms with van der Waals surface area (Å²) in [5.74, 6) is 0.238. The van der Waals surface area contributed by atoms with E-state index < -0.39 is 0 Å². The number of benzene rings is 1. The molecular weight excluding hydrogens is 196 g/mol. The molecule has 0 spiro atoms. The molecule has 4 heteroatoms. The van der Waals surface area contributed by atoms with E-state index in [1.807, 2.05) is 0 Å². The van der Waals surface area contributed by atoms with E-state index in [4.69, 9.17) is 9.47 Å². The van der Waals surface area contributed by atoms with Crippen molar-refractivity contribution in [3.8, 4) is 17.2 Å². The van der Waals surface area contributed by atoms with E-state index in [1.165, 1.54) is 26.4 Å². The Hall–Kier alpha value is -1.97. The molecule has 0 fully saturated rings. The quantitative estimate of drug-likeness (QED) is 0.605. The molecule has 1 N–H and O–H groups in total. The van der Waals surface area contributed by atoms with Gasteiger partial charge in [-0.1, -0.05) is 6.58 Å². The zero-order chi connectivity index (χ0) is 11.4. The Bertz CT molecular complexity index is 396. The van der Waals surface area contributed by atoms with Crippen molar-refractivity contribution in [2.45, 2.75) is 0 Å². The molecule has 0 atom stereocenters. The van der Waals surface area contributed by atoms with Gasteiger partial charge in [-0.2, -0.15) is 0 Å². The van der Waals surface area contributed by atoms with Crippen LogP contribution in [0.1, 0.15) is 10.4 Å². The molecule has 0 unspecified atom stereocenters. The largest absolute Gasteiger partial charge is 0.507 e. The molecule has 4 nitrogen and oxygen atoms in total. The summed E-state index contributed by atoms with van der Waals surface area (Å²) in [6.07, 6.45) is 1.13. The summed E-state index contributed by atoms with van der Waals surface area (Å²) in [7, 11) is 2.91. The second-order valence-electron chi connectivity index (χ2n) is 2.79. The van der Waals surface area contributed by atoms with Gasteiger partial charge in [0.2, 0.25) is 0 Å². The molecule has 0 heterocycles.